The third-order valence-corrected chi connectivity index (χ3v) is 5.19. The summed E-state index contributed by atoms with van der Waals surface area (Å²) in [5.74, 6) is -0.730. The van der Waals surface area contributed by atoms with E-state index in [0.717, 1.165) is 31.9 Å². The van der Waals surface area contributed by atoms with Gasteiger partial charge in [-0.15, -0.1) is 0 Å². The summed E-state index contributed by atoms with van der Waals surface area (Å²) in [7, 11) is 1.66. The first-order chi connectivity index (χ1) is 15.4. The molecule has 170 valence electrons. The van der Waals surface area contributed by atoms with Crippen molar-refractivity contribution in [2.75, 3.05) is 61.9 Å². The fourth-order valence-electron chi connectivity index (χ4n) is 3.46. The molecule has 3 N–H and O–H groups in total. The molecule has 0 aliphatic carbocycles. The first-order valence-corrected chi connectivity index (χ1v) is 10.5. The Kier molecular flexibility index (Phi) is 8.04. The van der Waals surface area contributed by atoms with E-state index in [1.807, 2.05) is 12.1 Å². The molecule has 3 amide bonds. The van der Waals surface area contributed by atoms with Gasteiger partial charge in [-0.25, -0.2) is 0 Å². The molecule has 0 bridgehead atoms. The molecule has 1 aliphatic rings. The van der Waals surface area contributed by atoms with Crippen LogP contribution in [0.4, 0.5) is 17.1 Å². The standard InChI is InChI=1S/C23H29N5O4/c1-17(29)25-18-3-5-19(6-4-18)26-23(31)22(30)24-11-12-27-13-15-28(16-14-27)20-7-9-21(32-2)10-8-20/h3-10H,11-16H2,1-2H3,(H,24,30)(H,25,29)(H,26,31). The predicted molar refractivity (Wildman–Crippen MR) is 124 cm³/mol. The van der Waals surface area contributed by atoms with Gasteiger partial charge >= 0.3 is 11.8 Å². The quantitative estimate of drug-likeness (QED) is 0.566. The van der Waals surface area contributed by atoms with Crippen LogP contribution in [0.25, 0.3) is 0 Å². The summed E-state index contributed by atoms with van der Waals surface area (Å²) >= 11 is 0. The van der Waals surface area contributed by atoms with Crippen molar-refractivity contribution in [1.82, 2.24) is 10.2 Å². The number of hydrogen-bond donors (Lipinski definition) is 3. The van der Waals surface area contributed by atoms with Gasteiger partial charge in [0.2, 0.25) is 5.91 Å². The summed E-state index contributed by atoms with van der Waals surface area (Å²) in [6.45, 7) is 6.06. The van der Waals surface area contributed by atoms with Crippen LogP contribution in [0.5, 0.6) is 5.75 Å². The van der Waals surface area contributed by atoms with Gasteiger partial charge in [-0.1, -0.05) is 0 Å². The minimum absolute atomic E-state index is 0.177. The van der Waals surface area contributed by atoms with Crippen LogP contribution in [0.3, 0.4) is 0 Å². The van der Waals surface area contributed by atoms with E-state index in [4.69, 9.17) is 4.74 Å². The van der Waals surface area contributed by atoms with Crippen LogP contribution in [0.15, 0.2) is 48.5 Å². The summed E-state index contributed by atoms with van der Waals surface area (Å²) in [5.41, 5.74) is 2.27. The molecule has 0 unspecified atom stereocenters. The Morgan fingerprint density at radius 3 is 2.00 bits per heavy atom. The number of methoxy groups -OCH3 is 1. The van der Waals surface area contributed by atoms with Crippen molar-refractivity contribution < 1.29 is 19.1 Å². The molecule has 1 fully saturated rings. The van der Waals surface area contributed by atoms with Crippen molar-refractivity contribution in [1.29, 1.82) is 0 Å². The van der Waals surface area contributed by atoms with E-state index >= 15 is 0 Å². The molecule has 0 saturated carbocycles. The van der Waals surface area contributed by atoms with Crippen molar-refractivity contribution >= 4 is 34.8 Å². The Hall–Kier alpha value is -3.59. The van der Waals surface area contributed by atoms with Crippen molar-refractivity contribution in [3.63, 3.8) is 0 Å². The van der Waals surface area contributed by atoms with Crippen molar-refractivity contribution in [2.24, 2.45) is 0 Å². The lowest BCUT2D eigenvalue weighted by Gasteiger charge is -2.36. The SMILES string of the molecule is COc1ccc(N2CCN(CCNC(=O)C(=O)Nc3ccc(NC(C)=O)cc3)CC2)cc1. The first-order valence-electron chi connectivity index (χ1n) is 10.5. The topological polar surface area (TPSA) is 103 Å². The van der Waals surface area contributed by atoms with Gasteiger partial charge in [-0.2, -0.15) is 0 Å². The van der Waals surface area contributed by atoms with Gasteiger partial charge in [0.15, 0.2) is 0 Å². The van der Waals surface area contributed by atoms with Crippen LogP contribution in [0, 0.1) is 0 Å². The minimum atomic E-state index is -0.721. The lowest BCUT2D eigenvalue weighted by Crippen LogP contribution is -2.49. The number of benzene rings is 2. The number of nitrogens with one attached hydrogen (secondary N) is 3. The predicted octanol–water partition coefficient (Wildman–Crippen LogP) is 1.53. The molecule has 1 saturated heterocycles. The van der Waals surface area contributed by atoms with E-state index in [2.05, 4.69) is 37.9 Å². The zero-order valence-corrected chi connectivity index (χ0v) is 18.4. The minimum Gasteiger partial charge on any atom is -0.497 e. The maximum atomic E-state index is 12.1. The normalized spacial score (nSPS) is 13.9. The van der Waals surface area contributed by atoms with Crippen molar-refractivity contribution in [2.45, 2.75) is 6.92 Å². The van der Waals surface area contributed by atoms with Gasteiger partial charge in [0.25, 0.3) is 0 Å². The largest absolute Gasteiger partial charge is 0.497 e. The molecule has 2 aromatic rings. The number of carbonyl (C=O) groups excluding carboxylic acids is 3. The molecule has 3 rings (SSSR count). The molecule has 9 heteroatoms. The molecule has 0 radical (unpaired) electrons. The smallest absolute Gasteiger partial charge is 0.313 e. The molecule has 2 aromatic carbocycles. The summed E-state index contributed by atoms with van der Waals surface area (Å²) < 4.78 is 5.20. The van der Waals surface area contributed by atoms with Crippen molar-refractivity contribution in [3.8, 4) is 5.75 Å². The van der Waals surface area contributed by atoms with Gasteiger partial charge in [0.1, 0.15) is 5.75 Å². The van der Waals surface area contributed by atoms with Gasteiger partial charge < -0.3 is 25.6 Å². The molecule has 1 aliphatic heterocycles. The monoisotopic (exact) mass is 439 g/mol. The molecule has 9 nitrogen and oxygen atoms in total. The fourth-order valence-corrected chi connectivity index (χ4v) is 3.46. The summed E-state index contributed by atoms with van der Waals surface area (Å²) in [6.07, 6.45) is 0. The molecule has 0 spiro atoms. The second-order valence-corrected chi connectivity index (χ2v) is 7.50. The van der Waals surface area contributed by atoms with Gasteiger partial charge in [0, 0.05) is 63.3 Å². The van der Waals surface area contributed by atoms with E-state index in [9.17, 15) is 14.4 Å². The molecular formula is C23H29N5O4. The maximum absolute atomic E-state index is 12.1. The Labute approximate surface area is 187 Å². The average molecular weight is 440 g/mol. The molecule has 32 heavy (non-hydrogen) atoms. The van der Waals surface area contributed by atoms with Gasteiger partial charge in [0.05, 0.1) is 7.11 Å². The van der Waals surface area contributed by atoms with Gasteiger partial charge in [-0.05, 0) is 48.5 Å². The number of carbonyl (C=O) groups is 3. The zero-order valence-electron chi connectivity index (χ0n) is 18.4. The summed E-state index contributed by atoms with van der Waals surface area (Å²) in [6, 6.07) is 14.6. The zero-order chi connectivity index (χ0) is 22.9. The van der Waals surface area contributed by atoms with E-state index in [1.165, 1.54) is 12.6 Å². The van der Waals surface area contributed by atoms with E-state index in [1.54, 1.807) is 31.4 Å². The van der Waals surface area contributed by atoms with Crippen molar-refractivity contribution in [3.05, 3.63) is 48.5 Å². The summed E-state index contributed by atoms with van der Waals surface area (Å²) in [4.78, 5) is 39.8. The highest BCUT2D eigenvalue weighted by molar-refractivity contribution is 6.39. The van der Waals surface area contributed by atoms with Crippen LogP contribution in [0.2, 0.25) is 0 Å². The number of ether oxygens (including phenoxy) is 1. The highest BCUT2D eigenvalue weighted by Gasteiger charge is 2.18. The second-order valence-electron chi connectivity index (χ2n) is 7.50. The molecule has 0 aromatic heterocycles. The second kappa shape index (κ2) is 11.1. The number of piperazine rings is 1. The van der Waals surface area contributed by atoms with Gasteiger partial charge in [-0.3, -0.25) is 19.3 Å². The number of hydrogen-bond acceptors (Lipinski definition) is 6. The third-order valence-electron chi connectivity index (χ3n) is 5.19. The maximum Gasteiger partial charge on any atom is 0.313 e. The third kappa shape index (κ3) is 6.71. The number of anilines is 3. The Morgan fingerprint density at radius 1 is 0.844 bits per heavy atom. The van der Waals surface area contributed by atoms with E-state index < -0.39 is 11.8 Å². The number of amides is 3. The first kappa shape index (κ1) is 23.1. The fraction of sp³-hybridized carbons (Fsp3) is 0.348. The number of nitrogens with zero attached hydrogens (tertiary/aromatic N) is 2. The Bertz CT molecular complexity index is 922. The van der Waals surface area contributed by atoms with Crippen LogP contribution in [-0.4, -0.2) is 69.0 Å². The lowest BCUT2D eigenvalue weighted by atomic mass is 10.2. The molecular weight excluding hydrogens is 410 g/mol. The van der Waals surface area contributed by atoms with Crippen LogP contribution >= 0.6 is 0 Å². The van der Waals surface area contributed by atoms with Crippen LogP contribution in [-0.2, 0) is 14.4 Å². The Balaban J connectivity index is 1.35. The van der Waals surface area contributed by atoms with E-state index in [0.29, 0.717) is 24.5 Å². The molecule has 1 heterocycles. The molecule has 0 atom stereocenters. The van der Waals surface area contributed by atoms with E-state index in [-0.39, 0.29) is 5.91 Å². The Morgan fingerprint density at radius 2 is 1.44 bits per heavy atom. The highest BCUT2D eigenvalue weighted by Crippen LogP contribution is 2.20. The highest BCUT2D eigenvalue weighted by atomic mass is 16.5. The number of rotatable bonds is 7. The van der Waals surface area contributed by atoms with Crippen LogP contribution in [0.1, 0.15) is 6.92 Å². The lowest BCUT2D eigenvalue weighted by molar-refractivity contribution is -0.136. The average Bonchev–Trinajstić information content (AvgIpc) is 2.80. The summed E-state index contributed by atoms with van der Waals surface area (Å²) in [5, 5.41) is 7.86. The van der Waals surface area contributed by atoms with Crippen LogP contribution < -0.4 is 25.6 Å².